The van der Waals surface area contributed by atoms with Crippen LogP contribution < -0.4 is 9.64 Å². The first-order valence-corrected chi connectivity index (χ1v) is 10.0. The normalized spacial score (nSPS) is 21.7. The molecule has 0 radical (unpaired) electrons. The van der Waals surface area contributed by atoms with Crippen molar-refractivity contribution in [2.24, 2.45) is 0 Å². The van der Waals surface area contributed by atoms with Crippen LogP contribution in [0, 0.1) is 0 Å². The Balaban J connectivity index is 1.68. The average Bonchev–Trinajstić information content (AvgIpc) is 2.72. The Bertz CT molecular complexity index is 700. The number of piperidine rings is 1. The maximum atomic E-state index is 6.17. The number of nitrogens with zero attached hydrogens (tertiary/aromatic N) is 3. The lowest BCUT2D eigenvalue weighted by Crippen LogP contribution is -2.46. The Labute approximate surface area is 156 Å². The first-order chi connectivity index (χ1) is 12.8. The van der Waals surface area contributed by atoms with Gasteiger partial charge in [0.2, 0.25) is 0 Å². The molecule has 0 N–H and O–H groups in total. The van der Waals surface area contributed by atoms with E-state index in [1.165, 1.54) is 37.9 Å². The molecule has 1 aromatic carbocycles. The number of pyridine rings is 1. The highest BCUT2D eigenvalue weighted by Crippen LogP contribution is 2.37. The van der Waals surface area contributed by atoms with Crippen molar-refractivity contribution in [3.05, 3.63) is 54.2 Å². The number of anilines is 1. The zero-order valence-corrected chi connectivity index (χ0v) is 15.7. The molecule has 1 aromatic heterocycles. The van der Waals surface area contributed by atoms with E-state index in [9.17, 15) is 0 Å². The number of likely N-dealkylation sites (tertiary alicyclic amines) is 1. The summed E-state index contributed by atoms with van der Waals surface area (Å²) in [4.78, 5) is 9.80. The van der Waals surface area contributed by atoms with Gasteiger partial charge in [0.05, 0.1) is 12.6 Å². The zero-order chi connectivity index (χ0) is 17.8. The van der Waals surface area contributed by atoms with Crippen LogP contribution in [0.3, 0.4) is 0 Å². The Morgan fingerprint density at radius 1 is 1.08 bits per heavy atom. The molecule has 26 heavy (non-hydrogen) atoms. The van der Waals surface area contributed by atoms with Crippen LogP contribution >= 0.6 is 0 Å². The molecule has 0 saturated carbocycles. The fourth-order valence-corrected chi connectivity index (χ4v) is 4.15. The second-order valence-corrected chi connectivity index (χ2v) is 7.41. The SMILES string of the molecule is CCC1CN(C(CN2CCCCC2)c2ccccc2)c2ncccc2O1. The molecule has 0 bridgehead atoms. The van der Waals surface area contributed by atoms with E-state index in [0.29, 0.717) is 6.04 Å². The molecule has 4 heteroatoms. The third kappa shape index (κ3) is 3.70. The van der Waals surface area contributed by atoms with E-state index >= 15 is 0 Å². The lowest BCUT2D eigenvalue weighted by atomic mass is 10.0. The Morgan fingerprint density at radius 3 is 2.65 bits per heavy atom. The summed E-state index contributed by atoms with van der Waals surface area (Å²) in [6.07, 6.45) is 7.11. The molecule has 2 aromatic rings. The molecule has 3 heterocycles. The van der Waals surface area contributed by atoms with Crippen LogP contribution in [0.15, 0.2) is 48.7 Å². The van der Waals surface area contributed by atoms with Gasteiger partial charge in [-0.15, -0.1) is 0 Å². The number of rotatable bonds is 5. The minimum Gasteiger partial charge on any atom is -0.485 e. The van der Waals surface area contributed by atoms with Gasteiger partial charge in [0.15, 0.2) is 11.6 Å². The van der Waals surface area contributed by atoms with E-state index in [4.69, 9.17) is 9.72 Å². The van der Waals surface area contributed by atoms with Gasteiger partial charge in [0.25, 0.3) is 0 Å². The minimum atomic E-state index is 0.222. The van der Waals surface area contributed by atoms with Gasteiger partial charge in [0.1, 0.15) is 6.10 Å². The van der Waals surface area contributed by atoms with Gasteiger partial charge in [-0.2, -0.15) is 0 Å². The van der Waals surface area contributed by atoms with Crippen molar-refractivity contribution in [3.8, 4) is 5.75 Å². The van der Waals surface area contributed by atoms with Crippen molar-refractivity contribution in [3.63, 3.8) is 0 Å². The van der Waals surface area contributed by atoms with Crippen LogP contribution in [0.5, 0.6) is 5.75 Å². The molecule has 138 valence electrons. The predicted molar refractivity (Wildman–Crippen MR) is 106 cm³/mol. The summed E-state index contributed by atoms with van der Waals surface area (Å²) >= 11 is 0. The lowest BCUT2D eigenvalue weighted by molar-refractivity contribution is 0.169. The first kappa shape index (κ1) is 17.3. The number of hydrogen-bond donors (Lipinski definition) is 0. The Kier molecular flexibility index (Phi) is 5.40. The van der Waals surface area contributed by atoms with Gasteiger partial charge < -0.3 is 14.5 Å². The van der Waals surface area contributed by atoms with Gasteiger partial charge in [-0.05, 0) is 50.0 Å². The van der Waals surface area contributed by atoms with Crippen molar-refractivity contribution in [1.82, 2.24) is 9.88 Å². The number of benzene rings is 1. The van der Waals surface area contributed by atoms with Gasteiger partial charge >= 0.3 is 0 Å². The Morgan fingerprint density at radius 2 is 1.88 bits per heavy atom. The zero-order valence-electron chi connectivity index (χ0n) is 15.7. The molecular weight excluding hydrogens is 322 g/mol. The highest BCUT2D eigenvalue weighted by molar-refractivity contribution is 5.56. The minimum absolute atomic E-state index is 0.222. The third-order valence-electron chi connectivity index (χ3n) is 5.61. The van der Waals surface area contributed by atoms with E-state index in [0.717, 1.165) is 31.1 Å². The number of fused-ring (bicyclic) bond motifs is 1. The molecule has 2 unspecified atom stereocenters. The molecular formula is C22H29N3O. The second-order valence-electron chi connectivity index (χ2n) is 7.41. The molecule has 4 rings (SSSR count). The van der Waals surface area contributed by atoms with Crippen molar-refractivity contribution in [2.45, 2.75) is 44.8 Å². The molecule has 0 amide bonds. The molecule has 0 aliphatic carbocycles. The monoisotopic (exact) mass is 351 g/mol. The summed E-state index contributed by atoms with van der Waals surface area (Å²) in [6, 6.07) is 15.2. The standard InChI is InChI=1S/C22H29N3O/c1-2-19-16-25(22-21(26-19)12-9-13-23-22)20(18-10-5-3-6-11-18)17-24-14-7-4-8-15-24/h3,5-6,9-13,19-20H,2,4,7-8,14-17H2,1H3. The number of hydrogen-bond acceptors (Lipinski definition) is 4. The molecule has 2 aliphatic heterocycles. The van der Waals surface area contributed by atoms with Gasteiger partial charge in [-0.1, -0.05) is 43.7 Å². The molecule has 1 saturated heterocycles. The highest BCUT2D eigenvalue weighted by atomic mass is 16.5. The van der Waals surface area contributed by atoms with Crippen LogP contribution in [0.4, 0.5) is 5.82 Å². The third-order valence-corrected chi connectivity index (χ3v) is 5.61. The largest absolute Gasteiger partial charge is 0.485 e. The van der Waals surface area contributed by atoms with Crippen LogP contribution in [0.25, 0.3) is 0 Å². The van der Waals surface area contributed by atoms with Crippen LogP contribution in [0.1, 0.15) is 44.2 Å². The van der Waals surface area contributed by atoms with Crippen molar-refractivity contribution >= 4 is 5.82 Å². The highest BCUT2D eigenvalue weighted by Gasteiger charge is 2.32. The second kappa shape index (κ2) is 8.09. The van der Waals surface area contributed by atoms with E-state index in [2.05, 4.69) is 53.1 Å². The summed E-state index contributed by atoms with van der Waals surface area (Å²) in [6.45, 7) is 6.57. The topological polar surface area (TPSA) is 28.6 Å². The van der Waals surface area contributed by atoms with Crippen molar-refractivity contribution in [2.75, 3.05) is 31.1 Å². The molecule has 1 fully saturated rings. The van der Waals surface area contributed by atoms with Crippen LogP contribution in [0.2, 0.25) is 0 Å². The maximum Gasteiger partial charge on any atom is 0.172 e. The maximum absolute atomic E-state index is 6.17. The molecule has 2 atom stereocenters. The fourth-order valence-electron chi connectivity index (χ4n) is 4.15. The molecule has 2 aliphatic rings. The molecule has 4 nitrogen and oxygen atoms in total. The van der Waals surface area contributed by atoms with Crippen molar-refractivity contribution in [1.29, 1.82) is 0 Å². The van der Waals surface area contributed by atoms with E-state index < -0.39 is 0 Å². The van der Waals surface area contributed by atoms with Crippen LogP contribution in [-0.2, 0) is 0 Å². The van der Waals surface area contributed by atoms with E-state index in [1.54, 1.807) is 0 Å². The van der Waals surface area contributed by atoms with E-state index in [-0.39, 0.29) is 6.10 Å². The summed E-state index contributed by atoms with van der Waals surface area (Å²) in [5.74, 6) is 1.91. The summed E-state index contributed by atoms with van der Waals surface area (Å²) in [7, 11) is 0. The molecule has 0 spiro atoms. The average molecular weight is 351 g/mol. The van der Waals surface area contributed by atoms with Gasteiger partial charge in [0, 0.05) is 12.7 Å². The summed E-state index contributed by atoms with van der Waals surface area (Å²) in [5, 5.41) is 0. The van der Waals surface area contributed by atoms with E-state index in [1.807, 2.05) is 12.3 Å². The predicted octanol–water partition coefficient (Wildman–Crippen LogP) is 4.29. The van der Waals surface area contributed by atoms with Crippen LogP contribution in [-0.4, -0.2) is 42.2 Å². The lowest BCUT2D eigenvalue weighted by Gasteiger charge is -2.42. The number of ether oxygens (including phenoxy) is 1. The summed E-state index contributed by atoms with van der Waals surface area (Å²) in [5.41, 5.74) is 1.37. The van der Waals surface area contributed by atoms with Gasteiger partial charge in [-0.3, -0.25) is 0 Å². The van der Waals surface area contributed by atoms with Crippen molar-refractivity contribution < 1.29 is 4.74 Å². The quantitative estimate of drug-likeness (QED) is 0.804. The summed E-state index contributed by atoms with van der Waals surface area (Å²) < 4.78 is 6.17. The smallest absolute Gasteiger partial charge is 0.172 e. The Hall–Kier alpha value is -2.07. The fraction of sp³-hybridized carbons (Fsp3) is 0.500. The number of aromatic nitrogens is 1. The van der Waals surface area contributed by atoms with Gasteiger partial charge in [-0.25, -0.2) is 4.98 Å². The first-order valence-electron chi connectivity index (χ1n) is 10.0.